The Hall–Kier alpha value is -0.200. The lowest BCUT2D eigenvalue weighted by atomic mass is 10.1. The minimum atomic E-state index is 0. The summed E-state index contributed by atoms with van der Waals surface area (Å²) >= 11 is 0. The van der Waals surface area contributed by atoms with Crippen molar-refractivity contribution in [2.75, 3.05) is 59.4 Å². The third-order valence-corrected chi connectivity index (χ3v) is 3.54. The smallest absolute Gasteiger partial charge is 0.0701 e. The third kappa shape index (κ3) is 19.8. The minimum Gasteiger partial charge on any atom is -0.379 e. The molecule has 0 heterocycles. The molecule has 0 fully saturated rings. The van der Waals surface area contributed by atoms with Gasteiger partial charge in [-0.3, -0.25) is 0 Å². The second kappa shape index (κ2) is 18.1. The Morgan fingerprint density at radius 2 is 1.22 bits per heavy atom. The molecule has 142 valence electrons. The Kier molecular flexibility index (Phi) is 18.0. The molecule has 1 N–H and O–H groups in total. The predicted molar refractivity (Wildman–Crippen MR) is 97.2 cm³/mol. The molecule has 0 aromatic rings. The van der Waals surface area contributed by atoms with Crippen LogP contribution in [0.15, 0.2) is 0 Å². The van der Waals surface area contributed by atoms with Crippen LogP contribution in [-0.4, -0.2) is 65.4 Å². The predicted octanol–water partition coefficient (Wildman–Crippen LogP) is 3.12. The molecule has 5 nitrogen and oxygen atoms in total. The summed E-state index contributed by atoms with van der Waals surface area (Å²) < 4.78 is 21.9. The van der Waals surface area contributed by atoms with Crippen molar-refractivity contribution >= 4 is 0 Å². The third-order valence-electron chi connectivity index (χ3n) is 3.54. The maximum Gasteiger partial charge on any atom is 0.0701 e. The van der Waals surface area contributed by atoms with Crippen molar-refractivity contribution in [3.63, 3.8) is 0 Å². The summed E-state index contributed by atoms with van der Waals surface area (Å²) in [6, 6.07) is 0.561. The number of hydrogen-bond donors (Lipinski definition) is 1. The first-order valence-corrected chi connectivity index (χ1v) is 9.21. The van der Waals surface area contributed by atoms with Gasteiger partial charge in [0.2, 0.25) is 0 Å². The Morgan fingerprint density at radius 3 is 1.70 bits per heavy atom. The van der Waals surface area contributed by atoms with E-state index in [1.165, 1.54) is 6.42 Å². The van der Waals surface area contributed by atoms with Crippen molar-refractivity contribution in [2.24, 2.45) is 5.92 Å². The highest BCUT2D eigenvalue weighted by molar-refractivity contribution is 4.56. The van der Waals surface area contributed by atoms with Crippen LogP contribution in [-0.2, 0) is 18.9 Å². The Morgan fingerprint density at radius 1 is 0.739 bits per heavy atom. The molecular weight excluding hydrogens is 294 g/mol. The second-order valence-electron chi connectivity index (χ2n) is 6.25. The molecule has 0 saturated heterocycles. The molecule has 23 heavy (non-hydrogen) atoms. The minimum absolute atomic E-state index is 0. The average molecular weight is 336 g/mol. The molecule has 0 aromatic carbocycles. The van der Waals surface area contributed by atoms with E-state index in [1.807, 2.05) is 0 Å². The summed E-state index contributed by atoms with van der Waals surface area (Å²) in [5.74, 6) is 0.757. The van der Waals surface area contributed by atoms with Crippen LogP contribution in [0.5, 0.6) is 0 Å². The molecule has 0 aliphatic carbocycles. The van der Waals surface area contributed by atoms with Gasteiger partial charge in [-0.1, -0.05) is 20.8 Å². The van der Waals surface area contributed by atoms with Gasteiger partial charge >= 0.3 is 0 Å². The van der Waals surface area contributed by atoms with E-state index in [1.54, 1.807) is 0 Å². The van der Waals surface area contributed by atoms with Crippen LogP contribution < -0.4 is 5.32 Å². The first-order chi connectivity index (χ1) is 11.2. The van der Waals surface area contributed by atoms with Gasteiger partial charge in [-0.25, -0.2) is 0 Å². The molecule has 0 aliphatic rings. The highest BCUT2D eigenvalue weighted by atomic mass is 16.6. The first kappa shape index (κ1) is 22.8. The van der Waals surface area contributed by atoms with Crippen LogP contribution in [0.2, 0.25) is 0 Å². The lowest BCUT2D eigenvalue weighted by Gasteiger charge is -2.11. The number of ether oxygens (including phenoxy) is 4. The van der Waals surface area contributed by atoms with Crippen molar-refractivity contribution < 1.29 is 20.4 Å². The molecule has 0 bridgehead atoms. The van der Waals surface area contributed by atoms with Gasteiger partial charge in [0.1, 0.15) is 0 Å². The molecule has 0 rings (SSSR count). The van der Waals surface area contributed by atoms with E-state index in [2.05, 4.69) is 33.0 Å². The standard InChI is InChI=1S/C18H39NO4.H2/c1-5-18(4)19-8-10-21-12-14-23-16-15-22-13-11-20-9-6-7-17(2)3;/h17-19H,5-16H2,1-4H3;1H. The summed E-state index contributed by atoms with van der Waals surface area (Å²) in [6.45, 7) is 15.1. The fourth-order valence-electron chi connectivity index (χ4n) is 1.88. The topological polar surface area (TPSA) is 49.0 Å². The van der Waals surface area contributed by atoms with Crippen molar-refractivity contribution in [3.8, 4) is 0 Å². The van der Waals surface area contributed by atoms with Crippen molar-refractivity contribution in [2.45, 2.75) is 53.0 Å². The van der Waals surface area contributed by atoms with E-state index in [9.17, 15) is 0 Å². The highest BCUT2D eigenvalue weighted by Gasteiger charge is 1.97. The number of rotatable bonds is 18. The largest absolute Gasteiger partial charge is 0.379 e. The van der Waals surface area contributed by atoms with Gasteiger partial charge < -0.3 is 24.3 Å². The van der Waals surface area contributed by atoms with Gasteiger partial charge in [0, 0.05) is 20.6 Å². The molecule has 1 unspecified atom stereocenters. The molecule has 1 atom stereocenters. The quantitative estimate of drug-likeness (QED) is 0.390. The molecule has 5 heteroatoms. The maximum absolute atomic E-state index is 5.50. The SMILES string of the molecule is CCC(C)NCCOCCOCCOCCOCCCC(C)C.[HH]. The molecular formula is C18H41NO4. The van der Waals surface area contributed by atoms with E-state index >= 15 is 0 Å². The van der Waals surface area contributed by atoms with Crippen LogP contribution in [0.4, 0.5) is 0 Å². The van der Waals surface area contributed by atoms with E-state index in [4.69, 9.17) is 18.9 Å². The van der Waals surface area contributed by atoms with E-state index in [0.29, 0.717) is 45.7 Å². The number of hydrogen-bond acceptors (Lipinski definition) is 5. The van der Waals surface area contributed by atoms with Gasteiger partial charge in [0.15, 0.2) is 0 Å². The van der Waals surface area contributed by atoms with Crippen LogP contribution in [0.1, 0.15) is 48.4 Å². The fraction of sp³-hybridized carbons (Fsp3) is 1.00. The van der Waals surface area contributed by atoms with E-state index in [0.717, 1.165) is 38.5 Å². The zero-order valence-electron chi connectivity index (χ0n) is 15.8. The lowest BCUT2D eigenvalue weighted by Crippen LogP contribution is -2.29. The van der Waals surface area contributed by atoms with E-state index in [-0.39, 0.29) is 1.43 Å². The van der Waals surface area contributed by atoms with Crippen molar-refractivity contribution in [3.05, 3.63) is 0 Å². The molecule has 0 radical (unpaired) electrons. The monoisotopic (exact) mass is 335 g/mol. The van der Waals surface area contributed by atoms with Crippen LogP contribution in [0.3, 0.4) is 0 Å². The first-order valence-electron chi connectivity index (χ1n) is 9.21. The van der Waals surface area contributed by atoms with Crippen molar-refractivity contribution in [1.29, 1.82) is 0 Å². The van der Waals surface area contributed by atoms with Gasteiger partial charge in [0.25, 0.3) is 0 Å². The fourth-order valence-corrected chi connectivity index (χ4v) is 1.88. The Labute approximate surface area is 144 Å². The molecule has 0 spiro atoms. The van der Waals surface area contributed by atoms with Gasteiger partial charge in [-0.05, 0) is 32.1 Å². The van der Waals surface area contributed by atoms with E-state index < -0.39 is 0 Å². The van der Waals surface area contributed by atoms with Crippen LogP contribution >= 0.6 is 0 Å². The molecule has 0 amide bonds. The summed E-state index contributed by atoms with van der Waals surface area (Å²) in [5.41, 5.74) is 0. The van der Waals surface area contributed by atoms with Crippen LogP contribution in [0, 0.1) is 5.92 Å². The van der Waals surface area contributed by atoms with Crippen LogP contribution in [0.25, 0.3) is 0 Å². The zero-order valence-corrected chi connectivity index (χ0v) is 15.8. The van der Waals surface area contributed by atoms with Crippen molar-refractivity contribution in [1.82, 2.24) is 5.32 Å². The summed E-state index contributed by atoms with van der Waals surface area (Å²) in [4.78, 5) is 0. The normalized spacial score (nSPS) is 12.9. The summed E-state index contributed by atoms with van der Waals surface area (Å²) in [5, 5.41) is 3.38. The Balaban J connectivity index is 0. The molecule has 0 aliphatic heterocycles. The zero-order chi connectivity index (χ0) is 17.2. The molecule has 0 saturated carbocycles. The lowest BCUT2D eigenvalue weighted by molar-refractivity contribution is -0.00205. The second-order valence-corrected chi connectivity index (χ2v) is 6.25. The highest BCUT2D eigenvalue weighted by Crippen LogP contribution is 2.02. The average Bonchev–Trinajstić information content (AvgIpc) is 2.53. The van der Waals surface area contributed by atoms with Gasteiger partial charge in [0.05, 0.1) is 46.2 Å². The summed E-state index contributed by atoms with van der Waals surface area (Å²) in [6.07, 6.45) is 3.50. The Bertz CT molecular complexity index is 233. The van der Waals surface area contributed by atoms with Gasteiger partial charge in [-0.15, -0.1) is 0 Å². The van der Waals surface area contributed by atoms with Gasteiger partial charge in [-0.2, -0.15) is 0 Å². The maximum atomic E-state index is 5.50. The summed E-state index contributed by atoms with van der Waals surface area (Å²) in [7, 11) is 0. The number of nitrogens with one attached hydrogen (secondary N) is 1. The molecule has 0 aromatic heterocycles.